The van der Waals surface area contributed by atoms with Gasteiger partial charge in [0.1, 0.15) is 5.54 Å². The van der Waals surface area contributed by atoms with E-state index in [9.17, 15) is 18.3 Å². The Hall–Kier alpha value is -1.94. The normalized spacial score (nSPS) is 25.5. The maximum atomic E-state index is 11.5. The van der Waals surface area contributed by atoms with Crippen molar-refractivity contribution in [2.75, 3.05) is 45.6 Å². The molecule has 2 unspecified atom stereocenters. The molecular formula is C23H42N6O5S. The first-order valence-electron chi connectivity index (χ1n) is 12.5. The molecule has 4 N–H and O–H groups in total. The first-order valence-corrected chi connectivity index (χ1v) is 14.4. The van der Waals surface area contributed by atoms with Gasteiger partial charge in [0.25, 0.3) is 0 Å². The zero-order chi connectivity index (χ0) is 26.1. The Morgan fingerprint density at radius 2 is 1.89 bits per heavy atom. The van der Waals surface area contributed by atoms with Crippen molar-refractivity contribution >= 4 is 22.0 Å². The van der Waals surface area contributed by atoms with Crippen LogP contribution >= 0.6 is 0 Å². The number of likely N-dealkylation sites (tertiary alicyclic amines) is 1. The molecule has 0 radical (unpaired) electrons. The minimum absolute atomic E-state index is 0.0776. The summed E-state index contributed by atoms with van der Waals surface area (Å²) < 4.78 is 30.4. The SMILES string of the molecule is CC(C)CC(N=C(NS(C)(=O)=O)N1CCOCC1)C(=O)O.N#CC1(N)CCN(C2CCCCC2)C1. The maximum absolute atomic E-state index is 11.5. The monoisotopic (exact) mass is 514 g/mol. The summed E-state index contributed by atoms with van der Waals surface area (Å²) >= 11 is 0. The molecule has 0 aromatic rings. The minimum Gasteiger partial charge on any atom is -0.480 e. The number of aliphatic carboxylic acids is 1. The van der Waals surface area contributed by atoms with Gasteiger partial charge in [-0.15, -0.1) is 0 Å². The average Bonchev–Trinajstić information content (AvgIpc) is 3.21. The van der Waals surface area contributed by atoms with Crippen molar-refractivity contribution < 1.29 is 23.1 Å². The summed E-state index contributed by atoms with van der Waals surface area (Å²) in [5.41, 5.74) is 5.39. The molecular weight excluding hydrogens is 472 g/mol. The number of hydrogen-bond donors (Lipinski definition) is 3. The summed E-state index contributed by atoms with van der Waals surface area (Å²) in [7, 11) is -3.53. The summed E-state index contributed by atoms with van der Waals surface area (Å²) in [6, 6.07) is 1.98. The van der Waals surface area contributed by atoms with Gasteiger partial charge in [0.2, 0.25) is 16.0 Å². The zero-order valence-corrected chi connectivity index (χ0v) is 22.1. The molecule has 1 aliphatic carbocycles. The van der Waals surface area contributed by atoms with Gasteiger partial charge in [-0.1, -0.05) is 33.1 Å². The van der Waals surface area contributed by atoms with Crippen molar-refractivity contribution in [1.29, 1.82) is 5.26 Å². The van der Waals surface area contributed by atoms with Gasteiger partial charge < -0.3 is 20.5 Å². The third-order valence-corrected chi connectivity index (χ3v) is 7.04. The quantitative estimate of drug-likeness (QED) is 0.346. The van der Waals surface area contributed by atoms with E-state index in [1.807, 2.05) is 13.8 Å². The van der Waals surface area contributed by atoms with Gasteiger partial charge in [0.15, 0.2) is 6.04 Å². The topological polar surface area (TPSA) is 161 Å². The van der Waals surface area contributed by atoms with Crippen molar-refractivity contribution in [3.63, 3.8) is 0 Å². The summed E-state index contributed by atoms with van der Waals surface area (Å²) in [4.78, 5) is 19.5. The van der Waals surface area contributed by atoms with Crippen LogP contribution in [0.4, 0.5) is 0 Å². The van der Waals surface area contributed by atoms with Gasteiger partial charge in [-0.05, 0) is 31.6 Å². The maximum Gasteiger partial charge on any atom is 0.328 e. The summed E-state index contributed by atoms with van der Waals surface area (Å²) in [5, 5.41) is 18.2. The first kappa shape index (κ1) is 29.3. The molecule has 0 aromatic heterocycles. The molecule has 0 amide bonds. The van der Waals surface area contributed by atoms with Gasteiger partial charge in [-0.25, -0.2) is 18.2 Å². The van der Waals surface area contributed by atoms with Crippen LogP contribution in [0.25, 0.3) is 0 Å². The molecule has 200 valence electrons. The largest absolute Gasteiger partial charge is 0.480 e. The van der Waals surface area contributed by atoms with Gasteiger partial charge in [-0.3, -0.25) is 9.62 Å². The standard InChI is InChI=1S/C12H23N3O5S.C11H19N3/c1-9(2)8-10(11(16)17)13-12(14-21(3,18)19)15-4-6-20-7-5-15;12-8-11(13)6-7-14(9-11)10-4-2-1-3-5-10/h9-10H,4-8H2,1-3H3,(H,13,14)(H,16,17);10H,1-7,9,13H2. The number of nitrogens with two attached hydrogens (primary N) is 1. The van der Waals surface area contributed by atoms with Crippen molar-refractivity contribution in [2.24, 2.45) is 16.6 Å². The lowest BCUT2D eigenvalue weighted by molar-refractivity contribution is -0.138. The van der Waals surface area contributed by atoms with E-state index in [2.05, 4.69) is 20.7 Å². The van der Waals surface area contributed by atoms with E-state index in [-0.39, 0.29) is 11.9 Å². The molecule has 0 bridgehead atoms. The van der Waals surface area contributed by atoms with Crippen molar-refractivity contribution in [3.8, 4) is 6.07 Å². The van der Waals surface area contributed by atoms with Crippen LogP contribution in [-0.2, 0) is 19.6 Å². The van der Waals surface area contributed by atoms with E-state index >= 15 is 0 Å². The van der Waals surface area contributed by atoms with Crippen LogP contribution < -0.4 is 10.5 Å². The molecule has 2 heterocycles. The van der Waals surface area contributed by atoms with Crippen molar-refractivity contribution in [3.05, 3.63) is 0 Å². The molecule has 35 heavy (non-hydrogen) atoms. The Labute approximate surface area is 209 Å². The first-order chi connectivity index (χ1) is 16.4. The number of guanidine groups is 1. The number of aliphatic imine (C=N–C) groups is 1. The number of carboxylic acid groups (broad SMARTS) is 1. The number of rotatable bonds is 6. The van der Waals surface area contributed by atoms with Crippen LogP contribution in [0.2, 0.25) is 0 Å². The second kappa shape index (κ2) is 13.4. The fourth-order valence-electron chi connectivity index (χ4n) is 4.63. The number of ether oxygens (including phenoxy) is 1. The minimum atomic E-state index is -3.53. The third kappa shape index (κ3) is 10.3. The lowest BCUT2D eigenvalue weighted by Crippen LogP contribution is -2.49. The smallest absolute Gasteiger partial charge is 0.328 e. The Morgan fingerprint density at radius 1 is 1.26 bits per heavy atom. The van der Waals surface area contributed by atoms with Crippen LogP contribution in [-0.4, -0.2) is 98.5 Å². The predicted octanol–water partition coefficient (Wildman–Crippen LogP) is 0.969. The van der Waals surface area contributed by atoms with Crippen molar-refractivity contribution in [2.45, 2.75) is 76.4 Å². The van der Waals surface area contributed by atoms with Crippen molar-refractivity contribution in [1.82, 2.24) is 14.5 Å². The summed E-state index contributed by atoms with van der Waals surface area (Å²) in [6.45, 7) is 7.43. The number of nitriles is 1. The fourth-order valence-corrected chi connectivity index (χ4v) is 5.14. The molecule has 3 rings (SSSR count). The fraction of sp³-hybridized carbons (Fsp3) is 0.870. The van der Waals surface area contributed by atoms with E-state index in [1.165, 1.54) is 32.1 Å². The molecule has 2 atom stereocenters. The van der Waals surface area contributed by atoms with E-state index in [0.717, 1.165) is 25.8 Å². The predicted molar refractivity (Wildman–Crippen MR) is 134 cm³/mol. The second-order valence-electron chi connectivity index (χ2n) is 10.2. The van der Waals surface area contributed by atoms with E-state index in [1.54, 1.807) is 4.90 Å². The van der Waals surface area contributed by atoms with Crippen LogP contribution in [0.5, 0.6) is 0 Å². The Kier molecular flexibility index (Phi) is 11.2. The molecule has 11 nitrogen and oxygen atoms in total. The van der Waals surface area contributed by atoms with Gasteiger partial charge in [0, 0.05) is 32.2 Å². The highest BCUT2D eigenvalue weighted by molar-refractivity contribution is 7.89. The molecule has 2 aliphatic heterocycles. The van der Waals surface area contributed by atoms with Gasteiger partial charge in [-0.2, -0.15) is 5.26 Å². The molecule has 1 saturated carbocycles. The van der Waals surface area contributed by atoms with E-state index < -0.39 is 27.6 Å². The molecule has 2 saturated heterocycles. The average molecular weight is 515 g/mol. The Morgan fingerprint density at radius 3 is 2.37 bits per heavy atom. The second-order valence-corrected chi connectivity index (χ2v) is 11.9. The van der Waals surface area contributed by atoms with E-state index in [4.69, 9.17) is 15.7 Å². The van der Waals surface area contributed by atoms with Gasteiger partial charge in [0.05, 0.1) is 25.5 Å². The molecule has 0 aromatic carbocycles. The molecule has 3 aliphatic rings. The third-order valence-electron chi connectivity index (χ3n) is 6.49. The summed E-state index contributed by atoms with van der Waals surface area (Å²) in [6.07, 6.45) is 8.91. The van der Waals surface area contributed by atoms with Crippen LogP contribution in [0, 0.1) is 17.2 Å². The van der Waals surface area contributed by atoms with Gasteiger partial charge >= 0.3 is 5.97 Å². The number of nitrogens with one attached hydrogen (secondary N) is 1. The van der Waals surface area contributed by atoms with Crippen LogP contribution in [0.1, 0.15) is 58.8 Å². The van der Waals surface area contributed by atoms with E-state index in [0.29, 0.717) is 38.8 Å². The lowest BCUT2D eigenvalue weighted by Gasteiger charge is -2.31. The van der Waals surface area contributed by atoms with Crippen LogP contribution in [0.3, 0.4) is 0 Å². The molecule has 0 spiro atoms. The zero-order valence-electron chi connectivity index (χ0n) is 21.3. The molecule has 3 fully saturated rings. The molecule has 12 heteroatoms. The summed E-state index contributed by atoms with van der Waals surface area (Å²) in [5.74, 6) is -0.849. The Bertz CT molecular complexity index is 862. The number of carboxylic acids is 1. The van der Waals surface area contributed by atoms with Crippen LogP contribution in [0.15, 0.2) is 4.99 Å². The Balaban J connectivity index is 0.000000266. The highest BCUT2D eigenvalue weighted by Crippen LogP contribution is 2.28. The number of morpholine rings is 1. The number of nitrogens with zero attached hydrogens (tertiary/aromatic N) is 4. The highest BCUT2D eigenvalue weighted by atomic mass is 32.2. The highest BCUT2D eigenvalue weighted by Gasteiger charge is 2.37. The number of carbonyl (C=O) groups is 1. The lowest BCUT2D eigenvalue weighted by atomic mass is 9.94. The number of sulfonamides is 1. The number of hydrogen-bond acceptors (Lipinski definition) is 8.